The van der Waals surface area contributed by atoms with Crippen LogP contribution in [0.3, 0.4) is 0 Å². The van der Waals surface area contributed by atoms with Gasteiger partial charge in [-0.25, -0.2) is 9.37 Å². The molecule has 0 saturated heterocycles. The summed E-state index contributed by atoms with van der Waals surface area (Å²) in [6.07, 6.45) is 0. The van der Waals surface area contributed by atoms with E-state index < -0.39 is 0 Å². The smallest absolute Gasteiger partial charge is 0.201 e. The van der Waals surface area contributed by atoms with Crippen molar-refractivity contribution < 1.29 is 4.39 Å². The maximum atomic E-state index is 13.0. The number of rotatable bonds is 3. The van der Waals surface area contributed by atoms with Crippen LogP contribution in [0.1, 0.15) is 5.56 Å². The third-order valence-electron chi connectivity index (χ3n) is 2.79. The average Bonchev–Trinajstić information content (AvgIpc) is 2.78. The number of imidazole rings is 1. The van der Waals surface area contributed by atoms with Crippen LogP contribution >= 0.6 is 15.9 Å². The molecule has 19 heavy (non-hydrogen) atoms. The normalized spacial score (nSPS) is 10.8. The standard InChI is InChI=1S/C14H11BrFN3/c15-10-4-5-12-13(7-10)19-14(18-12)17-8-9-2-1-3-11(16)6-9/h1-7H,8H2,(H2,17,18,19). The van der Waals surface area contributed by atoms with Gasteiger partial charge in [0.05, 0.1) is 11.0 Å². The van der Waals surface area contributed by atoms with E-state index in [9.17, 15) is 4.39 Å². The molecule has 0 radical (unpaired) electrons. The number of nitrogens with zero attached hydrogens (tertiary/aromatic N) is 1. The number of aromatic amines is 1. The van der Waals surface area contributed by atoms with Crippen molar-refractivity contribution in [2.45, 2.75) is 6.54 Å². The summed E-state index contributed by atoms with van der Waals surface area (Å²) >= 11 is 3.42. The molecule has 0 atom stereocenters. The molecule has 0 aliphatic carbocycles. The van der Waals surface area contributed by atoms with Crippen molar-refractivity contribution in [3.05, 3.63) is 58.3 Å². The van der Waals surface area contributed by atoms with E-state index in [1.807, 2.05) is 24.3 Å². The summed E-state index contributed by atoms with van der Waals surface area (Å²) in [5.41, 5.74) is 2.72. The molecule has 3 nitrogen and oxygen atoms in total. The molecular weight excluding hydrogens is 309 g/mol. The minimum Gasteiger partial charge on any atom is -0.352 e. The second kappa shape index (κ2) is 5.01. The predicted molar refractivity (Wildman–Crippen MR) is 77.5 cm³/mol. The van der Waals surface area contributed by atoms with Gasteiger partial charge in [-0.05, 0) is 35.9 Å². The Morgan fingerprint density at radius 3 is 2.95 bits per heavy atom. The molecule has 3 rings (SSSR count). The molecule has 0 fully saturated rings. The first-order valence-electron chi connectivity index (χ1n) is 5.84. The Hall–Kier alpha value is -1.88. The monoisotopic (exact) mass is 319 g/mol. The van der Waals surface area contributed by atoms with Crippen molar-refractivity contribution in [2.24, 2.45) is 0 Å². The lowest BCUT2D eigenvalue weighted by atomic mass is 10.2. The molecule has 3 aromatic rings. The van der Waals surface area contributed by atoms with Crippen molar-refractivity contribution in [1.82, 2.24) is 9.97 Å². The topological polar surface area (TPSA) is 40.7 Å². The van der Waals surface area contributed by atoms with E-state index in [0.29, 0.717) is 12.5 Å². The highest BCUT2D eigenvalue weighted by Gasteiger charge is 2.03. The van der Waals surface area contributed by atoms with Crippen LogP contribution in [0.4, 0.5) is 10.3 Å². The zero-order valence-corrected chi connectivity index (χ0v) is 11.5. The van der Waals surface area contributed by atoms with Gasteiger partial charge in [-0.2, -0.15) is 0 Å². The fourth-order valence-electron chi connectivity index (χ4n) is 1.90. The zero-order valence-electron chi connectivity index (χ0n) is 9.95. The van der Waals surface area contributed by atoms with Crippen LogP contribution in [0, 0.1) is 5.82 Å². The van der Waals surface area contributed by atoms with Gasteiger partial charge in [-0.1, -0.05) is 28.1 Å². The number of fused-ring (bicyclic) bond motifs is 1. The lowest BCUT2D eigenvalue weighted by molar-refractivity contribution is 0.626. The summed E-state index contributed by atoms with van der Waals surface area (Å²) in [6, 6.07) is 12.4. The Labute approximate surface area is 118 Å². The number of nitrogens with one attached hydrogen (secondary N) is 2. The van der Waals surface area contributed by atoms with E-state index in [1.54, 1.807) is 6.07 Å². The first kappa shape index (κ1) is 12.2. The highest BCUT2D eigenvalue weighted by molar-refractivity contribution is 9.10. The Kier molecular flexibility index (Phi) is 3.21. The van der Waals surface area contributed by atoms with Crippen LogP contribution in [0.2, 0.25) is 0 Å². The van der Waals surface area contributed by atoms with Crippen LogP contribution < -0.4 is 5.32 Å². The molecule has 1 aromatic heterocycles. The van der Waals surface area contributed by atoms with Crippen molar-refractivity contribution in [2.75, 3.05) is 5.32 Å². The Morgan fingerprint density at radius 1 is 1.21 bits per heavy atom. The number of halogens is 2. The van der Waals surface area contributed by atoms with Crippen molar-refractivity contribution in [3.8, 4) is 0 Å². The van der Waals surface area contributed by atoms with Crippen LogP contribution in [0.15, 0.2) is 46.9 Å². The van der Waals surface area contributed by atoms with Crippen molar-refractivity contribution in [3.63, 3.8) is 0 Å². The molecule has 5 heteroatoms. The molecule has 2 aromatic carbocycles. The molecule has 1 heterocycles. The fraction of sp³-hybridized carbons (Fsp3) is 0.0714. The molecule has 0 aliphatic heterocycles. The largest absolute Gasteiger partial charge is 0.352 e. The number of anilines is 1. The van der Waals surface area contributed by atoms with Gasteiger partial charge >= 0.3 is 0 Å². The van der Waals surface area contributed by atoms with E-state index in [0.717, 1.165) is 21.1 Å². The summed E-state index contributed by atoms with van der Waals surface area (Å²) < 4.78 is 14.0. The molecular formula is C14H11BrFN3. The highest BCUT2D eigenvalue weighted by atomic mass is 79.9. The fourth-order valence-corrected chi connectivity index (χ4v) is 2.26. The van der Waals surface area contributed by atoms with Crippen molar-refractivity contribution in [1.29, 1.82) is 0 Å². The van der Waals surface area contributed by atoms with Gasteiger partial charge in [0, 0.05) is 11.0 Å². The minimum absolute atomic E-state index is 0.229. The van der Waals surface area contributed by atoms with E-state index >= 15 is 0 Å². The highest BCUT2D eigenvalue weighted by Crippen LogP contribution is 2.19. The average molecular weight is 320 g/mol. The Morgan fingerprint density at radius 2 is 2.11 bits per heavy atom. The number of H-pyrrole nitrogens is 1. The maximum absolute atomic E-state index is 13.0. The first-order chi connectivity index (χ1) is 9.20. The number of aromatic nitrogens is 2. The molecule has 0 spiro atoms. The zero-order chi connectivity index (χ0) is 13.2. The van der Waals surface area contributed by atoms with Gasteiger partial charge in [0.1, 0.15) is 5.82 Å². The SMILES string of the molecule is Fc1cccc(CNc2nc3ccc(Br)cc3[nH]2)c1. The molecule has 0 amide bonds. The number of benzene rings is 2. The Balaban J connectivity index is 1.78. The van der Waals surface area contributed by atoms with Crippen LogP contribution in [-0.4, -0.2) is 9.97 Å². The van der Waals surface area contributed by atoms with Gasteiger partial charge in [-0.15, -0.1) is 0 Å². The van der Waals surface area contributed by atoms with Gasteiger partial charge in [0.15, 0.2) is 0 Å². The minimum atomic E-state index is -0.229. The summed E-state index contributed by atoms with van der Waals surface area (Å²) in [4.78, 5) is 7.59. The lowest BCUT2D eigenvalue weighted by Crippen LogP contribution is -2.00. The van der Waals surface area contributed by atoms with Crippen LogP contribution in [0.25, 0.3) is 11.0 Å². The van der Waals surface area contributed by atoms with Gasteiger partial charge in [0.25, 0.3) is 0 Å². The van der Waals surface area contributed by atoms with E-state index in [4.69, 9.17) is 0 Å². The first-order valence-corrected chi connectivity index (χ1v) is 6.63. The van der Waals surface area contributed by atoms with Gasteiger partial charge < -0.3 is 10.3 Å². The van der Waals surface area contributed by atoms with E-state index in [-0.39, 0.29) is 5.82 Å². The molecule has 0 saturated carbocycles. The molecule has 0 unspecified atom stereocenters. The summed E-state index contributed by atoms with van der Waals surface area (Å²) in [7, 11) is 0. The van der Waals surface area contributed by atoms with Crippen molar-refractivity contribution >= 4 is 32.9 Å². The third kappa shape index (κ3) is 2.76. The molecule has 0 bridgehead atoms. The second-order valence-electron chi connectivity index (χ2n) is 4.23. The molecule has 96 valence electrons. The Bertz CT molecular complexity index is 724. The summed E-state index contributed by atoms with van der Waals surface area (Å²) in [6.45, 7) is 0.527. The maximum Gasteiger partial charge on any atom is 0.201 e. The van der Waals surface area contributed by atoms with E-state index in [2.05, 4.69) is 31.2 Å². The van der Waals surface area contributed by atoms with Gasteiger partial charge in [-0.3, -0.25) is 0 Å². The second-order valence-corrected chi connectivity index (χ2v) is 5.15. The van der Waals surface area contributed by atoms with E-state index in [1.165, 1.54) is 12.1 Å². The predicted octanol–water partition coefficient (Wildman–Crippen LogP) is 4.08. The molecule has 0 aliphatic rings. The number of hydrogen-bond acceptors (Lipinski definition) is 2. The number of hydrogen-bond donors (Lipinski definition) is 2. The molecule has 2 N–H and O–H groups in total. The third-order valence-corrected chi connectivity index (χ3v) is 3.29. The van der Waals surface area contributed by atoms with Gasteiger partial charge in [0.2, 0.25) is 5.95 Å². The summed E-state index contributed by atoms with van der Waals surface area (Å²) in [5, 5.41) is 3.15. The van der Waals surface area contributed by atoms with Crippen LogP contribution in [-0.2, 0) is 6.54 Å². The summed E-state index contributed by atoms with van der Waals surface area (Å²) in [5.74, 6) is 0.449. The quantitative estimate of drug-likeness (QED) is 0.763. The lowest BCUT2D eigenvalue weighted by Gasteiger charge is -2.02. The van der Waals surface area contributed by atoms with Crippen LogP contribution in [0.5, 0.6) is 0 Å².